The lowest BCUT2D eigenvalue weighted by Crippen LogP contribution is -2.66. The van der Waals surface area contributed by atoms with Gasteiger partial charge in [-0.05, 0) is 83.5 Å². The SMILES string of the molecule is COC(=O)CC1O[C@@H](OCCCCC(=O)NCCCNC(=O)CCOCC(COCCC(=O)NCCCNC(=O)CCCCO[C@@H]2OC(COC(C)=O)[C@H](OC(C)=O)C(OC(C)=O)[C@@H]2NC(C)=O)(COCCC(=O)NCCCNC(=O)CCCCO[C@@H]2OC(COC(C)=O)[C@H](OC(C)=O)C(OC(C)=O)[C@@H]2NC(C)=O)NC(=O)CCCCCCCCCCC(=O)NCCCCCCO)[C@@H](NC(C)=O)C(OC(C)=O)[C@@H]1OC(C)=O. The average Bonchev–Trinajstić information content (AvgIpc) is 0.789. The second-order valence-corrected chi connectivity index (χ2v) is 35.8. The summed E-state index contributed by atoms with van der Waals surface area (Å²) >= 11 is 0. The number of esters is 9. The molecule has 15 atom stereocenters. The molecule has 0 radical (unpaired) electrons. The average molecular weight is 2110 g/mol. The highest BCUT2D eigenvalue weighted by molar-refractivity contribution is 5.81. The Kier molecular flexibility index (Phi) is 67.7. The summed E-state index contributed by atoms with van der Waals surface area (Å²) in [6.07, 6.45) is -2.78. The van der Waals surface area contributed by atoms with E-state index in [1.807, 2.05) is 0 Å². The lowest BCUT2D eigenvalue weighted by atomic mass is 9.94. The van der Waals surface area contributed by atoms with Crippen LogP contribution in [0.15, 0.2) is 0 Å². The van der Waals surface area contributed by atoms with Gasteiger partial charge in [0.05, 0.1) is 53.2 Å². The molecule has 838 valence electrons. The van der Waals surface area contributed by atoms with Crippen LogP contribution in [0.1, 0.15) is 269 Å². The fraction of sp³-hybridized carbons (Fsp3) is 0.794. The molecule has 0 aliphatic carbocycles. The second-order valence-electron chi connectivity index (χ2n) is 35.8. The van der Waals surface area contributed by atoms with Crippen molar-refractivity contribution in [1.82, 2.24) is 58.5 Å². The quantitative estimate of drug-likeness (QED) is 0.0230. The summed E-state index contributed by atoms with van der Waals surface area (Å²) in [4.78, 5) is 252. The van der Waals surface area contributed by atoms with Crippen LogP contribution in [0.3, 0.4) is 0 Å². The van der Waals surface area contributed by atoms with E-state index in [2.05, 4.69) is 58.5 Å². The maximum Gasteiger partial charge on any atom is 0.308 e. The topological polar surface area (TPSA) is 660 Å². The third kappa shape index (κ3) is 60.3. The number of ether oxygens (including phenoxy) is 18. The van der Waals surface area contributed by atoms with E-state index in [4.69, 9.17) is 90.4 Å². The number of aliphatic hydroxyl groups excluding tert-OH is 1. The van der Waals surface area contributed by atoms with Gasteiger partial charge in [-0.2, -0.15) is 0 Å². The Labute approximate surface area is 858 Å². The van der Waals surface area contributed by atoms with Gasteiger partial charge < -0.3 is 149 Å². The minimum Gasteiger partial charge on any atom is -0.469 e. The van der Waals surface area contributed by atoms with Crippen LogP contribution in [0.25, 0.3) is 0 Å². The number of methoxy groups -OCH3 is 1. The summed E-state index contributed by atoms with van der Waals surface area (Å²) in [5.41, 5.74) is -1.49. The van der Waals surface area contributed by atoms with Gasteiger partial charge in [-0.3, -0.25) is 95.9 Å². The molecule has 3 fully saturated rings. The van der Waals surface area contributed by atoms with E-state index in [9.17, 15) is 95.9 Å². The predicted molar refractivity (Wildman–Crippen MR) is 515 cm³/mol. The molecule has 0 saturated carbocycles. The van der Waals surface area contributed by atoms with Gasteiger partial charge in [0.15, 0.2) is 55.5 Å². The van der Waals surface area contributed by atoms with Crippen LogP contribution in [0, 0.1) is 0 Å². The van der Waals surface area contributed by atoms with E-state index in [1.165, 1.54) is 20.8 Å². The Morgan fingerprint density at radius 1 is 0.272 bits per heavy atom. The number of nitrogens with one attached hydrogen (secondary N) is 11. The largest absolute Gasteiger partial charge is 0.469 e. The number of aliphatic hydroxyl groups is 1. The Bertz CT molecular complexity index is 3910. The minimum absolute atomic E-state index is 0.0167. The monoisotopic (exact) mass is 2100 g/mol. The summed E-state index contributed by atoms with van der Waals surface area (Å²) in [6, 6.07) is -3.54. The highest BCUT2D eigenvalue weighted by atomic mass is 16.7. The molecule has 3 saturated heterocycles. The van der Waals surface area contributed by atoms with E-state index in [0.717, 1.165) is 127 Å². The van der Waals surface area contributed by atoms with Crippen LogP contribution >= 0.6 is 0 Å². The standard InChI is InChI=1S/C97H161N11O39/c1-62(110)105-85-91(142-70(9)118)88(139-67(6)115)73(56-84(129)130-12)145-94(85)134-50-28-23-35-77(122)99-43-31-46-102-80(125)39-53-131-59-97(108-83(128)38-22-18-16-14-13-15-17-21-34-76(121)98-42-26-19-20-27-49-109,60-132-54-40-81(126)103-47-32-44-100-78(123)36-24-29-51-135-95-86(106-63(2)111)92(143-71(10)119)89(140-68(7)116)74(146-95)57-137-65(4)113)61-133-55-41-82(127)104-48-33-45-101-79(124)37-25-30-52-136-96-87(107-64(3)112)93(144-72(11)120)90(141-69(8)117)75(147-96)58-138-66(5)114/h73-75,85-96,109H,13-61H2,1-12H3,(H,98,121)(H,99,122)(H,100,123)(H,101,124)(H,102,125)(H,103,126)(H,104,127)(H,105,110)(H,106,111)(H,107,112)(H,108,128)/t73?,74?,75?,85-,86-,87-,88+,89-,90-,91?,92?,93?,94+,95+,96+,97?/m0/s1. The van der Waals surface area contributed by atoms with Crippen LogP contribution in [-0.4, -0.2) is 353 Å². The summed E-state index contributed by atoms with van der Waals surface area (Å²) in [5.74, 6) is -11.0. The fourth-order valence-corrected chi connectivity index (χ4v) is 15.7. The molecule has 0 aromatic heterocycles. The molecular formula is C97H161N11O39. The van der Waals surface area contributed by atoms with Gasteiger partial charge in [0.2, 0.25) is 65.0 Å². The maximum absolute atomic E-state index is 14.2. The molecule has 6 unspecified atom stereocenters. The number of hydrogen-bond acceptors (Lipinski definition) is 39. The second kappa shape index (κ2) is 76.5. The van der Waals surface area contributed by atoms with Gasteiger partial charge in [-0.1, -0.05) is 51.4 Å². The van der Waals surface area contributed by atoms with Gasteiger partial charge in [-0.15, -0.1) is 0 Å². The van der Waals surface area contributed by atoms with Gasteiger partial charge in [0, 0.05) is 200 Å². The molecule has 11 amide bonds. The molecule has 0 aromatic carbocycles. The Balaban J connectivity index is 1.71. The molecule has 50 nitrogen and oxygen atoms in total. The van der Waals surface area contributed by atoms with Gasteiger partial charge in [-0.25, -0.2) is 0 Å². The van der Waals surface area contributed by atoms with E-state index < -0.39 is 212 Å². The van der Waals surface area contributed by atoms with Crippen molar-refractivity contribution in [2.75, 3.05) is 132 Å². The number of carbonyl (C=O) groups excluding carboxylic acids is 20. The van der Waals surface area contributed by atoms with Crippen LogP contribution in [-0.2, 0) is 181 Å². The molecule has 50 heteroatoms. The summed E-state index contributed by atoms with van der Waals surface area (Å²) in [6.45, 7) is 12.1. The van der Waals surface area contributed by atoms with Crippen LogP contribution < -0.4 is 58.5 Å². The first-order valence-corrected chi connectivity index (χ1v) is 50.7. The van der Waals surface area contributed by atoms with Gasteiger partial charge in [0.1, 0.15) is 55.2 Å². The number of amides is 11. The van der Waals surface area contributed by atoms with E-state index in [1.54, 1.807) is 0 Å². The maximum atomic E-state index is 14.2. The lowest BCUT2D eigenvalue weighted by Gasteiger charge is -2.45. The Hall–Kier alpha value is -11.0. The number of rotatable bonds is 78. The van der Waals surface area contributed by atoms with Crippen molar-refractivity contribution in [3.8, 4) is 0 Å². The first kappa shape index (κ1) is 130. The first-order valence-electron chi connectivity index (χ1n) is 50.7. The van der Waals surface area contributed by atoms with Gasteiger partial charge in [0.25, 0.3) is 0 Å². The Morgan fingerprint density at radius 3 is 0.810 bits per heavy atom. The molecule has 3 rings (SSSR count). The van der Waals surface area contributed by atoms with Crippen molar-refractivity contribution in [2.45, 2.75) is 366 Å². The number of hydrogen-bond donors (Lipinski definition) is 12. The highest BCUT2D eigenvalue weighted by Gasteiger charge is 2.55. The number of carbonyl (C=O) groups is 20. The molecule has 0 bridgehead atoms. The van der Waals surface area contributed by atoms with Crippen molar-refractivity contribution in [2.24, 2.45) is 0 Å². The fourth-order valence-electron chi connectivity index (χ4n) is 15.7. The Morgan fingerprint density at radius 2 is 0.524 bits per heavy atom. The minimum atomic E-state index is -1.49. The predicted octanol–water partition coefficient (Wildman–Crippen LogP) is 1.03. The zero-order valence-electron chi connectivity index (χ0n) is 87.3. The zero-order chi connectivity index (χ0) is 109. The van der Waals surface area contributed by atoms with Crippen molar-refractivity contribution >= 4 is 119 Å². The molecule has 3 aliphatic rings. The van der Waals surface area contributed by atoms with Gasteiger partial charge >= 0.3 is 53.7 Å². The normalized spacial score (nSPS) is 20.7. The smallest absolute Gasteiger partial charge is 0.308 e. The van der Waals surface area contributed by atoms with E-state index >= 15 is 0 Å². The first-order chi connectivity index (χ1) is 70.1. The molecular weight excluding hydrogens is 1940 g/mol. The third-order valence-corrected chi connectivity index (χ3v) is 22.5. The molecule has 0 spiro atoms. The molecule has 12 N–H and O–H groups in total. The zero-order valence-corrected chi connectivity index (χ0v) is 87.3. The summed E-state index contributed by atoms with van der Waals surface area (Å²) < 4.78 is 103. The van der Waals surface area contributed by atoms with Crippen LogP contribution in [0.4, 0.5) is 0 Å². The third-order valence-electron chi connectivity index (χ3n) is 22.5. The van der Waals surface area contributed by atoms with E-state index in [-0.39, 0.29) is 174 Å². The van der Waals surface area contributed by atoms with Crippen molar-refractivity contribution in [3.05, 3.63) is 0 Å². The van der Waals surface area contributed by atoms with Crippen LogP contribution in [0.5, 0.6) is 0 Å². The number of unbranched alkanes of at least 4 members (excludes halogenated alkanes) is 13. The molecule has 3 aliphatic heterocycles. The lowest BCUT2D eigenvalue weighted by molar-refractivity contribution is -0.277. The molecule has 147 heavy (non-hydrogen) atoms. The van der Waals surface area contributed by atoms with Crippen molar-refractivity contribution < 1.29 is 186 Å². The molecule has 3 heterocycles. The van der Waals surface area contributed by atoms with Crippen molar-refractivity contribution in [3.63, 3.8) is 0 Å². The molecule has 0 aromatic rings. The summed E-state index contributed by atoms with van der Waals surface area (Å²) in [7, 11) is 1.14. The van der Waals surface area contributed by atoms with Crippen LogP contribution in [0.2, 0.25) is 0 Å². The summed E-state index contributed by atoms with van der Waals surface area (Å²) in [5, 5.41) is 39.7. The van der Waals surface area contributed by atoms with Crippen molar-refractivity contribution in [1.29, 1.82) is 0 Å². The highest BCUT2D eigenvalue weighted by Crippen LogP contribution is 2.33. The van der Waals surface area contributed by atoms with E-state index in [0.29, 0.717) is 83.6 Å².